The number of hydrogen-bond donors (Lipinski definition) is 2. The highest BCUT2D eigenvalue weighted by Crippen LogP contribution is 2.16. The summed E-state index contributed by atoms with van der Waals surface area (Å²) in [6.45, 7) is 6.69. The van der Waals surface area contributed by atoms with Gasteiger partial charge < -0.3 is 10.2 Å². The van der Waals surface area contributed by atoms with Gasteiger partial charge in [0.05, 0.1) is 12.2 Å². The van der Waals surface area contributed by atoms with Gasteiger partial charge in [0.25, 0.3) is 0 Å². The Kier molecular flexibility index (Phi) is 5.53. The van der Waals surface area contributed by atoms with Gasteiger partial charge in [-0.3, -0.25) is 4.90 Å². The molecule has 2 N–H and O–H groups in total. The van der Waals surface area contributed by atoms with E-state index in [1.54, 1.807) is 0 Å². The maximum absolute atomic E-state index is 10.0. The minimum Gasteiger partial charge on any atom is -0.395 e. The molecule has 0 rings (SSSR count). The first-order valence-corrected chi connectivity index (χ1v) is 5.02. The lowest BCUT2D eigenvalue weighted by molar-refractivity contribution is -0.0109. The summed E-state index contributed by atoms with van der Waals surface area (Å²) >= 11 is 0. The Morgan fingerprint density at radius 2 is 1.77 bits per heavy atom. The molecule has 0 aromatic carbocycles. The van der Waals surface area contributed by atoms with E-state index in [1.165, 1.54) is 0 Å². The van der Waals surface area contributed by atoms with Crippen molar-refractivity contribution in [2.45, 2.75) is 45.3 Å². The molecule has 0 saturated heterocycles. The maximum Gasteiger partial charge on any atom is 0.0768 e. The van der Waals surface area contributed by atoms with Crippen LogP contribution < -0.4 is 0 Å². The summed E-state index contributed by atoms with van der Waals surface area (Å²) in [5.41, 5.74) is -0.599. The van der Waals surface area contributed by atoms with Crippen LogP contribution in [0, 0.1) is 0 Å². The molecule has 1 unspecified atom stereocenters. The number of aliphatic hydroxyl groups excluding tert-OH is 1. The molecule has 0 aromatic heterocycles. The zero-order valence-corrected chi connectivity index (χ0v) is 9.25. The first-order chi connectivity index (χ1) is 5.99. The monoisotopic (exact) mass is 189 g/mol. The van der Waals surface area contributed by atoms with Crippen molar-refractivity contribution in [1.82, 2.24) is 4.90 Å². The molecule has 0 aromatic rings. The average molecular weight is 189 g/mol. The van der Waals surface area contributed by atoms with Crippen LogP contribution in [0.4, 0.5) is 0 Å². The molecule has 3 heteroatoms. The Labute approximate surface area is 81.4 Å². The zero-order valence-electron chi connectivity index (χ0n) is 9.25. The number of hydrogen-bond acceptors (Lipinski definition) is 3. The van der Waals surface area contributed by atoms with Gasteiger partial charge in [-0.2, -0.15) is 0 Å². The lowest BCUT2D eigenvalue weighted by Crippen LogP contribution is -2.45. The third kappa shape index (κ3) is 4.07. The third-order valence-corrected chi connectivity index (χ3v) is 2.88. The van der Waals surface area contributed by atoms with Crippen LogP contribution in [0.2, 0.25) is 0 Å². The van der Waals surface area contributed by atoms with Crippen LogP contribution in [0.25, 0.3) is 0 Å². The quantitative estimate of drug-likeness (QED) is 0.651. The lowest BCUT2D eigenvalue weighted by atomic mass is 9.96. The van der Waals surface area contributed by atoms with Crippen molar-refractivity contribution in [1.29, 1.82) is 0 Å². The van der Waals surface area contributed by atoms with Crippen LogP contribution in [0.3, 0.4) is 0 Å². The summed E-state index contributed by atoms with van der Waals surface area (Å²) in [7, 11) is 1.93. The fourth-order valence-electron chi connectivity index (χ4n) is 1.23. The standard InChI is InChI=1S/C10H23NO2/c1-5-10(13,6-2)8-11(4)9(3)7-12/h9,12-13H,5-8H2,1-4H3. The second kappa shape index (κ2) is 5.58. The van der Waals surface area contributed by atoms with Crippen molar-refractivity contribution in [3.8, 4) is 0 Å². The summed E-state index contributed by atoms with van der Waals surface area (Å²) < 4.78 is 0. The summed E-state index contributed by atoms with van der Waals surface area (Å²) in [5.74, 6) is 0. The van der Waals surface area contributed by atoms with E-state index in [0.29, 0.717) is 6.54 Å². The molecular formula is C10H23NO2. The Balaban J connectivity index is 4.08. The van der Waals surface area contributed by atoms with E-state index in [4.69, 9.17) is 5.11 Å². The van der Waals surface area contributed by atoms with E-state index >= 15 is 0 Å². The van der Waals surface area contributed by atoms with Crippen LogP contribution >= 0.6 is 0 Å². The predicted octanol–water partition coefficient (Wildman–Crippen LogP) is 0.850. The Hall–Kier alpha value is -0.120. The highest BCUT2D eigenvalue weighted by Gasteiger charge is 2.25. The van der Waals surface area contributed by atoms with Gasteiger partial charge in [-0.05, 0) is 26.8 Å². The molecule has 0 saturated carbocycles. The molecule has 0 heterocycles. The SMILES string of the molecule is CCC(O)(CC)CN(C)C(C)CO. The van der Waals surface area contributed by atoms with Crippen molar-refractivity contribution < 1.29 is 10.2 Å². The molecule has 0 fully saturated rings. The van der Waals surface area contributed by atoms with Gasteiger partial charge in [-0.15, -0.1) is 0 Å². The molecule has 0 aliphatic carbocycles. The fourth-order valence-corrected chi connectivity index (χ4v) is 1.23. The van der Waals surface area contributed by atoms with Crippen molar-refractivity contribution >= 4 is 0 Å². The van der Waals surface area contributed by atoms with Gasteiger partial charge in [0.1, 0.15) is 0 Å². The maximum atomic E-state index is 10.0. The normalized spacial score (nSPS) is 15.0. The van der Waals surface area contributed by atoms with E-state index in [2.05, 4.69) is 0 Å². The van der Waals surface area contributed by atoms with E-state index in [-0.39, 0.29) is 12.6 Å². The smallest absolute Gasteiger partial charge is 0.0768 e. The van der Waals surface area contributed by atoms with Crippen LogP contribution in [0.1, 0.15) is 33.6 Å². The van der Waals surface area contributed by atoms with E-state index < -0.39 is 5.60 Å². The Morgan fingerprint density at radius 1 is 1.31 bits per heavy atom. The van der Waals surface area contributed by atoms with Crippen molar-refractivity contribution in [3.63, 3.8) is 0 Å². The summed E-state index contributed by atoms with van der Waals surface area (Å²) in [6.07, 6.45) is 1.51. The molecule has 0 amide bonds. The second-order valence-electron chi connectivity index (χ2n) is 3.88. The van der Waals surface area contributed by atoms with Crippen LogP contribution in [-0.2, 0) is 0 Å². The molecule has 0 bridgehead atoms. The largest absolute Gasteiger partial charge is 0.395 e. The molecule has 0 radical (unpaired) electrons. The topological polar surface area (TPSA) is 43.7 Å². The molecule has 0 aliphatic rings. The van der Waals surface area contributed by atoms with Crippen LogP contribution in [-0.4, -0.2) is 47.0 Å². The van der Waals surface area contributed by atoms with Crippen molar-refractivity contribution in [2.24, 2.45) is 0 Å². The highest BCUT2D eigenvalue weighted by molar-refractivity contribution is 4.80. The van der Waals surface area contributed by atoms with E-state index in [1.807, 2.05) is 32.7 Å². The van der Waals surface area contributed by atoms with Crippen LogP contribution in [0.5, 0.6) is 0 Å². The average Bonchev–Trinajstić information content (AvgIpc) is 2.16. The highest BCUT2D eigenvalue weighted by atomic mass is 16.3. The number of likely N-dealkylation sites (N-methyl/N-ethyl adjacent to an activating group) is 1. The van der Waals surface area contributed by atoms with Gasteiger partial charge in [0, 0.05) is 12.6 Å². The van der Waals surface area contributed by atoms with Gasteiger partial charge >= 0.3 is 0 Å². The molecule has 13 heavy (non-hydrogen) atoms. The van der Waals surface area contributed by atoms with Crippen LogP contribution in [0.15, 0.2) is 0 Å². The molecular weight excluding hydrogens is 166 g/mol. The van der Waals surface area contributed by atoms with Gasteiger partial charge in [0.2, 0.25) is 0 Å². The predicted molar refractivity (Wildman–Crippen MR) is 54.7 cm³/mol. The number of rotatable bonds is 6. The lowest BCUT2D eigenvalue weighted by Gasteiger charge is -2.33. The van der Waals surface area contributed by atoms with E-state index in [9.17, 15) is 5.11 Å². The van der Waals surface area contributed by atoms with Crippen molar-refractivity contribution in [3.05, 3.63) is 0 Å². The first kappa shape index (κ1) is 12.9. The molecule has 0 spiro atoms. The number of aliphatic hydroxyl groups is 2. The molecule has 3 nitrogen and oxygen atoms in total. The minimum absolute atomic E-state index is 0.115. The van der Waals surface area contributed by atoms with Gasteiger partial charge in [-0.25, -0.2) is 0 Å². The summed E-state index contributed by atoms with van der Waals surface area (Å²) in [5, 5.41) is 18.9. The van der Waals surface area contributed by atoms with Gasteiger partial charge in [-0.1, -0.05) is 13.8 Å². The molecule has 0 aliphatic heterocycles. The number of nitrogens with zero attached hydrogens (tertiary/aromatic N) is 1. The Bertz CT molecular complexity index is 135. The Morgan fingerprint density at radius 3 is 2.08 bits per heavy atom. The minimum atomic E-state index is -0.599. The third-order valence-electron chi connectivity index (χ3n) is 2.88. The van der Waals surface area contributed by atoms with Crippen molar-refractivity contribution in [2.75, 3.05) is 20.2 Å². The first-order valence-electron chi connectivity index (χ1n) is 5.02. The summed E-state index contributed by atoms with van der Waals surface area (Å²) in [4.78, 5) is 1.99. The molecule has 80 valence electrons. The fraction of sp³-hybridized carbons (Fsp3) is 1.00. The van der Waals surface area contributed by atoms with E-state index in [0.717, 1.165) is 12.8 Å². The van der Waals surface area contributed by atoms with Gasteiger partial charge in [0.15, 0.2) is 0 Å². The molecule has 1 atom stereocenters. The zero-order chi connectivity index (χ0) is 10.5. The summed E-state index contributed by atoms with van der Waals surface area (Å²) in [6, 6.07) is 0.115. The second-order valence-corrected chi connectivity index (χ2v) is 3.88.